The van der Waals surface area contributed by atoms with Crippen LogP contribution in [0.3, 0.4) is 0 Å². The summed E-state index contributed by atoms with van der Waals surface area (Å²) in [6.45, 7) is 4.41. The first-order valence-electron chi connectivity index (χ1n) is 11.0. The molecule has 4 heteroatoms. The number of carbonyl (C=O) groups excluding carboxylic acids is 1. The molecule has 3 aromatic carbocycles. The molecule has 158 valence electrons. The Morgan fingerprint density at radius 2 is 1.42 bits per heavy atom. The van der Waals surface area contributed by atoms with Crippen LogP contribution >= 0.6 is 20.7 Å². The number of rotatable bonds is 4. The van der Waals surface area contributed by atoms with Crippen molar-refractivity contribution in [2.24, 2.45) is 0 Å². The average molecular weight is 522 g/mol. The summed E-state index contributed by atoms with van der Waals surface area (Å²) in [5, 5.41) is 0. The van der Waals surface area contributed by atoms with Crippen molar-refractivity contribution in [2.45, 2.75) is 32.2 Å². The minimum atomic E-state index is -0.397. The lowest BCUT2D eigenvalue weighted by molar-refractivity contribution is 0.0819. The van der Waals surface area contributed by atoms with Gasteiger partial charge in [0.2, 0.25) is 0 Å². The minimum absolute atomic E-state index is 0.0930. The van der Waals surface area contributed by atoms with Crippen LogP contribution in [0.15, 0.2) is 78.9 Å². The molecule has 0 bridgehead atoms. The Hall–Kier alpha value is -2.47. The van der Waals surface area contributed by atoms with Gasteiger partial charge in [0.05, 0.1) is 15.2 Å². The van der Waals surface area contributed by atoms with Crippen molar-refractivity contribution >= 4 is 36.0 Å². The van der Waals surface area contributed by atoms with Crippen LogP contribution in [-0.4, -0.2) is 27.5 Å². The fourth-order valence-electron chi connectivity index (χ4n) is 4.62. The number of hydrogen-bond acceptors (Lipinski definition) is 2. The molecule has 0 spiro atoms. The van der Waals surface area contributed by atoms with Crippen LogP contribution in [0.5, 0.6) is 0 Å². The average Bonchev–Trinajstić information content (AvgIpc) is 2.83. The summed E-state index contributed by atoms with van der Waals surface area (Å²) in [7, 11) is 0. The van der Waals surface area contributed by atoms with Gasteiger partial charge in [-0.2, -0.15) is 0 Å². The van der Waals surface area contributed by atoms with Crippen molar-refractivity contribution in [3.05, 3.63) is 99.1 Å². The molecule has 2 aliphatic heterocycles. The van der Waals surface area contributed by atoms with Crippen molar-refractivity contribution in [3.8, 4) is 0 Å². The third-order valence-corrected chi connectivity index (χ3v) is 8.96. The molecule has 0 aromatic heterocycles. The van der Waals surface area contributed by atoms with Gasteiger partial charge in [0.25, 0.3) is 5.91 Å². The van der Waals surface area contributed by atoms with E-state index in [-0.39, 0.29) is 11.9 Å². The summed E-state index contributed by atoms with van der Waals surface area (Å²) in [6.07, 6.45) is 3.86. The molecule has 0 N–H and O–H groups in total. The minimum Gasteiger partial charge on any atom is -0.372 e. The molecule has 31 heavy (non-hydrogen) atoms. The van der Waals surface area contributed by atoms with Gasteiger partial charge in [-0.1, -0.05) is 81.4 Å². The second-order valence-electron chi connectivity index (χ2n) is 8.20. The highest BCUT2D eigenvalue weighted by Crippen LogP contribution is 2.38. The summed E-state index contributed by atoms with van der Waals surface area (Å²) in [6, 6.07) is 27.3. The second kappa shape index (κ2) is 8.95. The highest BCUT2D eigenvalue weighted by molar-refractivity contribution is 14.2. The molecule has 0 saturated carbocycles. The zero-order chi connectivity index (χ0) is 21.2. The molecule has 5 rings (SSSR count). The molecule has 0 aliphatic carbocycles. The van der Waals surface area contributed by atoms with Gasteiger partial charge in [-0.05, 0) is 55.5 Å². The van der Waals surface area contributed by atoms with Gasteiger partial charge in [-0.15, -0.1) is 0 Å². The van der Waals surface area contributed by atoms with Gasteiger partial charge in [0.15, 0.2) is 0 Å². The van der Waals surface area contributed by atoms with Gasteiger partial charge >= 0.3 is 0 Å². The quantitative estimate of drug-likeness (QED) is 0.381. The summed E-state index contributed by atoms with van der Waals surface area (Å²) < 4.78 is 2.48. The highest BCUT2D eigenvalue weighted by atomic mass is 127. The molecule has 1 amide bonds. The van der Waals surface area contributed by atoms with Crippen LogP contribution in [0.1, 0.15) is 53.7 Å². The van der Waals surface area contributed by atoms with Gasteiger partial charge in [-0.25, -0.2) is 0 Å². The Kier molecular flexibility index (Phi) is 5.90. The lowest BCUT2D eigenvalue weighted by atomic mass is 9.96. The fourth-order valence-corrected chi connectivity index (χ4v) is 7.40. The second-order valence-corrected chi connectivity index (χ2v) is 11.5. The number of halogens is 1. The van der Waals surface area contributed by atoms with E-state index in [4.69, 9.17) is 0 Å². The van der Waals surface area contributed by atoms with Crippen molar-refractivity contribution in [1.29, 1.82) is 0 Å². The number of carbonyl (C=O) groups is 1. The monoisotopic (exact) mass is 522 g/mol. The Labute approximate surface area is 194 Å². The van der Waals surface area contributed by atoms with Crippen molar-refractivity contribution in [1.82, 2.24) is 4.90 Å². The zero-order valence-electron chi connectivity index (χ0n) is 17.8. The fraction of sp³-hybridized carbons (Fsp3) is 0.259. The molecule has 1 fully saturated rings. The first-order chi connectivity index (χ1) is 15.2. The molecule has 2 aliphatic rings. The van der Waals surface area contributed by atoms with E-state index in [2.05, 4.69) is 83.5 Å². The number of anilines is 1. The van der Waals surface area contributed by atoms with Gasteiger partial charge < -0.3 is 4.90 Å². The predicted octanol–water partition coefficient (Wildman–Crippen LogP) is 6.21. The van der Waals surface area contributed by atoms with Crippen molar-refractivity contribution in [2.75, 3.05) is 18.0 Å². The Balaban J connectivity index is 1.55. The van der Waals surface area contributed by atoms with E-state index in [1.807, 2.05) is 12.1 Å². The largest absolute Gasteiger partial charge is 0.372 e. The first-order valence-corrected chi connectivity index (χ1v) is 13.2. The number of fused-ring (bicyclic) bond motifs is 1. The van der Waals surface area contributed by atoms with E-state index >= 15 is 0 Å². The number of benzene rings is 3. The Morgan fingerprint density at radius 1 is 0.806 bits per heavy atom. The molecular formula is C27H27IN2O. The molecule has 0 unspecified atom stereocenters. The van der Waals surface area contributed by atoms with E-state index in [1.165, 1.54) is 32.2 Å². The smallest absolute Gasteiger partial charge is 0.260 e. The van der Waals surface area contributed by atoms with Crippen LogP contribution < -0.4 is 4.90 Å². The van der Waals surface area contributed by atoms with E-state index in [0.29, 0.717) is 0 Å². The normalized spacial score (nSPS) is 16.6. The maximum atomic E-state index is 13.8. The molecule has 0 radical (unpaired) electrons. The molecule has 3 aromatic rings. The Morgan fingerprint density at radius 3 is 2.03 bits per heavy atom. The van der Waals surface area contributed by atoms with E-state index in [9.17, 15) is 4.79 Å². The zero-order valence-corrected chi connectivity index (χ0v) is 20.0. The number of piperidine rings is 1. The number of hydrogen-bond donors (Lipinski definition) is 0. The maximum Gasteiger partial charge on any atom is 0.260 e. The SMILES string of the molecule is CC1=Ic2cc(N3CCCCC3)ccc2C(=O)N1C(c1ccccc1)c1ccccc1. The maximum absolute atomic E-state index is 13.8. The van der Waals surface area contributed by atoms with E-state index < -0.39 is 20.7 Å². The van der Waals surface area contributed by atoms with Crippen LogP contribution in [0.25, 0.3) is 0 Å². The van der Waals surface area contributed by atoms with Crippen LogP contribution in [0.2, 0.25) is 0 Å². The van der Waals surface area contributed by atoms with Gasteiger partial charge in [-0.3, -0.25) is 9.69 Å². The van der Waals surface area contributed by atoms with E-state index in [0.717, 1.165) is 29.8 Å². The van der Waals surface area contributed by atoms with Gasteiger partial charge in [0, 0.05) is 22.3 Å². The Bertz CT molecular complexity index is 1070. The predicted molar refractivity (Wildman–Crippen MR) is 137 cm³/mol. The highest BCUT2D eigenvalue weighted by Gasteiger charge is 2.33. The molecule has 0 atom stereocenters. The van der Waals surface area contributed by atoms with Crippen molar-refractivity contribution < 1.29 is 4.79 Å². The van der Waals surface area contributed by atoms with Crippen molar-refractivity contribution in [3.63, 3.8) is 0 Å². The van der Waals surface area contributed by atoms with Crippen LogP contribution in [-0.2, 0) is 0 Å². The third kappa shape index (κ3) is 4.05. The summed E-state index contributed by atoms with van der Waals surface area (Å²) >= 11 is -0.397. The number of amides is 1. The summed E-state index contributed by atoms with van der Waals surface area (Å²) in [5.41, 5.74) is 4.48. The summed E-state index contributed by atoms with van der Waals surface area (Å²) in [4.78, 5) is 18.4. The number of nitrogens with zero attached hydrogens (tertiary/aromatic N) is 2. The molecule has 2 heterocycles. The topological polar surface area (TPSA) is 23.6 Å². The first kappa shape index (κ1) is 20.4. The summed E-state index contributed by atoms with van der Waals surface area (Å²) in [5.74, 6) is 0.126. The lowest BCUT2D eigenvalue weighted by Gasteiger charge is -2.36. The third-order valence-electron chi connectivity index (χ3n) is 6.18. The van der Waals surface area contributed by atoms with E-state index in [1.54, 1.807) is 0 Å². The van der Waals surface area contributed by atoms with Gasteiger partial charge in [0.1, 0.15) is 0 Å². The molecule has 1 saturated heterocycles. The molecule has 3 nitrogen and oxygen atoms in total. The standard InChI is InChI=1S/C27H27IN2O/c1-20-28-25-19-23(29-17-9-4-10-18-29)15-16-24(25)27(31)30(20)26(21-11-5-2-6-12-21)22-13-7-3-8-14-22/h2-3,5-8,11-16,19,26H,4,9-10,17-18H2,1H3. The lowest BCUT2D eigenvalue weighted by Crippen LogP contribution is -2.40. The van der Waals surface area contributed by atoms with Crippen LogP contribution in [0.4, 0.5) is 5.69 Å². The van der Waals surface area contributed by atoms with Crippen LogP contribution in [0, 0.1) is 3.57 Å². The molecular weight excluding hydrogens is 495 g/mol.